The zero-order valence-electron chi connectivity index (χ0n) is 10.7. The molecule has 0 fully saturated rings. The Morgan fingerprint density at radius 1 is 1.21 bits per heavy atom. The number of fused-ring (bicyclic) bond motifs is 1. The lowest BCUT2D eigenvalue weighted by Gasteiger charge is -2.22. The van der Waals surface area contributed by atoms with Crippen LogP contribution in [0.15, 0.2) is 29.6 Å². The second kappa shape index (κ2) is 5.21. The van der Waals surface area contributed by atoms with Crippen molar-refractivity contribution in [2.75, 3.05) is 13.2 Å². The van der Waals surface area contributed by atoms with E-state index < -0.39 is 0 Å². The summed E-state index contributed by atoms with van der Waals surface area (Å²) in [4.78, 5) is 1.26. The molecule has 1 aromatic carbocycles. The van der Waals surface area contributed by atoms with Crippen LogP contribution < -0.4 is 20.7 Å². The van der Waals surface area contributed by atoms with E-state index in [2.05, 4.69) is 23.8 Å². The van der Waals surface area contributed by atoms with Crippen molar-refractivity contribution in [1.82, 2.24) is 5.43 Å². The van der Waals surface area contributed by atoms with Gasteiger partial charge in [-0.2, -0.15) is 0 Å². The highest BCUT2D eigenvalue weighted by molar-refractivity contribution is 7.10. The van der Waals surface area contributed by atoms with Crippen molar-refractivity contribution in [3.05, 3.63) is 45.6 Å². The van der Waals surface area contributed by atoms with Gasteiger partial charge >= 0.3 is 0 Å². The van der Waals surface area contributed by atoms with E-state index in [1.165, 1.54) is 10.4 Å². The van der Waals surface area contributed by atoms with E-state index in [9.17, 15) is 0 Å². The van der Waals surface area contributed by atoms with Crippen LogP contribution in [0.4, 0.5) is 0 Å². The standard InChI is InChI=1S/C14H16N2O2S/c1-9-11(4-7-19-9)14(16-15)10-2-3-12-13(8-10)18-6-5-17-12/h2-4,7-8,14,16H,5-6,15H2,1H3. The van der Waals surface area contributed by atoms with Crippen LogP contribution in [-0.4, -0.2) is 13.2 Å². The molecule has 1 aliphatic rings. The average molecular weight is 276 g/mol. The summed E-state index contributed by atoms with van der Waals surface area (Å²) in [6.45, 7) is 3.30. The molecule has 3 rings (SSSR count). The largest absolute Gasteiger partial charge is 0.486 e. The number of ether oxygens (including phenoxy) is 2. The molecule has 0 aliphatic carbocycles. The Kier molecular flexibility index (Phi) is 3.42. The molecule has 0 saturated carbocycles. The molecule has 1 atom stereocenters. The lowest BCUT2D eigenvalue weighted by molar-refractivity contribution is 0.171. The van der Waals surface area contributed by atoms with E-state index in [4.69, 9.17) is 15.3 Å². The third-order valence-corrected chi connectivity index (χ3v) is 4.14. The number of nitrogens with two attached hydrogens (primary N) is 1. The smallest absolute Gasteiger partial charge is 0.161 e. The summed E-state index contributed by atoms with van der Waals surface area (Å²) in [6.07, 6.45) is 0. The van der Waals surface area contributed by atoms with Crippen LogP contribution in [-0.2, 0) is 0 Å². The van der Waals surface area contributed by atoms with Gasteiger partial charge in [0.15, 0.2) is 11.5 Å². The third-order valence-electron chi connectivity index (χ3n) is 3.28. The average Bonchev–Trinajstić information content (AvgIpc) is 2.86. The van der Waals surface area contributed by atoms with Crippen molar-refractivity contribution in [3.8, 4) is 11.5 Å². The summed E-state index contributed by atoms with van der Waals surface area (Å²) in [5.74, 6) is 7.31. The number of hydrazine groups is 1. The van der Waals surface area contributed by atoms with Crippen molar-refractivity contribution >= 4 is 11.3 Å². The first-order valence-electron chi connectivity index (χ1n) is 6.19. The number of hydrogen-bond acceptors (Lipinski definition) is 5. The van der Waals surface area contributed by atoms with E-state index in [1.54, 1.807) is 11.3 Å². The van der Waals surface area contributed by atoms with Crippen LogP contribution in [0.25, 0.3) is 0 Å². The zero-order valence-corrected chi connectivity index (χ0v) is 11.5. The van der Waals surface area contributed by atoms with Crippen LogP contribution in [0, 0.1) is 6.92 Å². The molecule has 0 amide bonds. The van der Waals surface area contributed by atoms with Crippen molar-refractivity contribution in [1.29, 1.82) is 0 Å². The molecule has 0 saturated heterocycles. The van der Waals surface area contributed by atoms with Gasteiger partial charge in [0.1, 0.15) is 13.2 Å². The number of thiophene rings is 1. The van der Waals surface area contributed by atoms with Crippen LogP contribution in [0.1, 0.15) is 22.0 Å². The van der Waals surface area contributed by atoms with Crippen LogP contribution in [0.3, 0.4) is 0 Å². The number of rotatable bonds is 3. The highest BCUT2D eigenvalue weighted by atomic mass is 32.1. The lowest BCUT2D eigenvalue weighted by atomic mass is 9.99. The summed E-state index contributed by atoms with van der Waals surface area (Å²) in [5.41, 5.74) is 5.15. The molecule has 100 valence electrons. The SMILES string of the molecule is Cc1sccc1C(NN)c1ccc2c(c1)OCCO2. The fourth-order valence-corrected chi connectivity index (χ4v) is 3.04. The minimum atomic E-state index is -0.0259. The molecule has 1 aliphatic heterocycles. The molecule has 0 radical (unpaired) electrons. The van der Waals surface area contributed by atoms with E-state index in [0.29, 0.717) is 13.2 Å². The highest BCUT2D eigenvalue weighted by Crippen LogP contribution is 2.35. The first kappa shape index (κ1) is 12.5. The fourth-order valence-electron chi connectivity index (χ4n) is 2.30. The van der Waals surface area contributed by atoms with Gasteiger partial charge in [0.25, 0.3) is 0 Å². The molecule has 1 aromatic heterocycles. The van der Waals surface area contributed by atoms with Gasteiger partial charge in [-0.3, -0.25) is 5.84 Å². The van der Waals surface area contributed by atoms with E-state index in [-0.39, 0.29) is 6.04 Å². The molecular weight excluding hydrogens is 260 g/mol. The van der Waals surface area contributed by atoms with Crippen LogP contribution in [0.5, 0.6) is 11.5 Å². The molecule has 0 bridgehead atoms. The quantitative estimate of drug-likeness (QED) is 0.667. The number of hydrogen-bond donors (Lipinski definition) is 2. The second-order valence-corrected chi connectivity index (χ2v) is 5.56. The molecule has 2 heterocycles. The molecule has 1 unspecified atom stereocenters. The molecule has 19 heavy (non-hydrogen) atoms. The highest BCUT2D eigenvalue weighted by Gasteiger charge is 2.19. The van der Waals surface area contributed by atoms with Gasteiger partial charge in [-0.05, 0) is 41.6 Å². The Labute approximate surface area is 116 Å². The Morgan fingerprint density at radius 2 is 2.00 bits per heavy atom. The predicted octanol–water partition coefficient (Wildman–Crippen LogP) is 2.38. The fraction of sp³-hybridized carbons (Fsp3) is 0.286. The topological polar surface area (TPSA) is 56.5 Å². The van der Waals surface area contributed by atoms with Gasteiger partial charge in [0, 0.05) is 4.88 Å². The van der Waals surface area contributed by atoms with Crippen molar-refractivity contribution < 1.29 is 9.47 Å². The second-order valence-electron chi connectivity index (χ2n) is 4.43. The maximum absolute atomic E-state index is 5.72. The Morgan fingerprint density at radius 3 is 2.68 bits per heavy atom. The third kappa shape index (κ3) is 2.32. The predicted molar refractivity (Wildman–Crippen MR) is 75.7 cm³/mol. The van der Waals surface area contributed by atoms with Crippen molar-refractivity contribution in [2.45, 2.75) is 13.0 Å². The zero-order chi connectivity index (χ0) is 13.2. The molecule has 2 aromatic rings. The molecule has 4 nitrogen and oxygen atoms in total. The van der Waals surface area contributed by atoms with Crippen molar-refractivity contribution in [2.24, 2.45) is 5.84 Å². The van der Waals surface area contributed by atoms with Crippen LogP contribution in [0.2, 0.25) is 0 Å². The Balaban J connectivity index is 1.98. The first-order valence-corrected chi connectivity index (χ1v) is 7.07. The Hall–Kier alpha value is -1.56. The summed E-state index contributed by atoms with van der Waals surface area (Å²) < 4.78 is 11.1. The maximum Gasteiger partial charge on any atom is 0.161 e. The minimum Gasteiger partial charge on any atom is -0.486 e. The van der Waals surface area contributed by atoms with E-state index >= 15 is 0 Å². The maximum atomic E-state index is 5.72. The van der Waals surface area contributed by atoms with Gasteiger partial charge in [-0.1, -0.05) is 6.07 Å². The van der Waals surface area contributed by atoms with Gasteiger partial charge < -0.3 is 9.47 Å². The summed E-state index contributed by atoms with van der Waals surface area (Å²) in [5, 5.41) is 2.08. The number of nitrogens with one attached hydrogen (secondary N) is 1. The molecule has 0 spiro atoms. The van der Waals surface area contributed by atoms with Crippen LogP contribution >= 0.6 is 11.3 Å². The molecule has 3 N–H and O–H groups in total. The first-order chi connectivity index (χ1) is 9.29. The minimum absolute atomic E-state index is 0.0259. The van der Waals surface area contributed by atoms with E-state index in [1.807, 2.05) is 18.2 Å². The number of aryl methyl sites for hydroxylation is 1. The van der Waals surface area contributed by atoms with Gasteiger partial charge in [-0.25, -0.2) is 5.43 Å². The summed E-state index contributed by atoms with van der Waals surface area (Å²) in [6, 6.07) is 8.03. The Bertz CT molecular complexity index is 583. The molecular formula is C14H16N2O2S. The number of benzene rings is 1. The van der Waals surface area contributed by atoms with E-state index in [0.717, 1.165) is 17.1 Å². The summed E-state index contributed by atoms with van der Waals surface area (Å²) in [7, 11) is 0. The monoisotopic (exact) mass is 276 g/mol. The molecule has 5 heteroatoms. The van der Waals surface area contributed by atoms with Gasteiger partial charge in [0.05, 0.1) is 6.04 Å². The summed E-state index contributed by atoms with van der Waals surface area (Å²) >= 11 is 1.72. The normalized spacial score (nSPS) is 15.3. The van der Waals surface area contributed by atoms with Gasteiger partial charge in [-0.15, -0.1) is 11.3 Å². The lowest BCUT2D eigenvalue weighted by Crippen LogP contribution is -2.29. The van der Waals surface area contributed by atoms with Crippen molar-refractivity contribution in [3.63, 3.8) is 0 Å². The van der Waals surface area contributed by atoms with Gasteiger partial charge in [0.2, 0.25) is 0 Å².